The number of benzene rings is 2. The average Bonchev–Trinajstić information content (AvgIpc) is 3.31. The van der Waals surface area contributed by atoms with Crippen LogP contribution in [0.3, 0.4) is 0 Å². The zero-order valence-electron chi connectivity index (χ0n) is 19.2. The topological polar surface area (TPSA) is 47.4 Å². The smallest absolute Gasteiger partial charge is 0.274 e. The van der Waals surface area contributed by atoms with Crippen LogP contribution in [0.2, 0.25) is 0 Å². The van der Waals surface area contributed by atoms with Crippen LogP contribution in [-0.2, 0) is 6.73 Å². The molecule has 0 radical (unpaired) electrons. The lowest BCUT2D eigenvalue weighted by Gasteiger charge is -2.59. The van der Waals surface area contributed by atoms with Crippen LogP contribution in [0.25, 0.3) is 11.1 Å². The van der Waals surface area contributed by atoms with Crippen LogP contribution in [0.1, 0.15) is 49.0 Å². The Morgan fingerprint density at radius 3 is 2.18 bits per heavy atom. The average molecular weight is 442 g/mol. The summed E-state index contributed by atoms with van der Waals surface area (Å²) in [5.74, 6) is 3.26. The monoisotopic (exact) mass is 441 g/mol. The van der Waals surface area contributed by atoms with Crippen molar-refractivity contribution in [1.82, 2.24) is 14.7 Å². The summed E-state index contributed by atoms with van der Waals surface area (Å²) in [5, 5.41) is 4.54. The van der Waals surface area contributed by atoms with Gasteiger partial charge in [-0.3, -0.25) is 4.79 Å². The Kier molecular flexibility index (Phi) is 5.01. The van der Waals surface area contributed by atoms with Crippen LogP contribution in [0.15, 0.2) is 66.9 Å². The molecule has 1 aromatic heterocycles. The van der Waals surface area contributed by atoms with Crippen LogP contribution in [-0.4, -0.2) is 33.2 Å². The number of carbonyl (C=O) groups is 1. The molecule has 0 N–H and O–H groups in total. The van der Waals surface area contributed by atoms with Gasteiger partial charge in [0.25, 0.3) is 5.91 Å². The van der Waals surface area contributed by atoms with Gasteiger partial charge >= 0.3 is 0 Å². The van der Waals surface area contributed by atoms with Crippen LogP contribution in [0.5, 0.6) is 5.75 Å². The molecule has 0 saturated heterocycles. The van der Waals surface area contributed by atoms with Gasteiger partial charge in [0.1, 0.15) is 5.75 Å². The molecule has 4 aliphatic carbocycles. The van der Waals surface area contributed by atoms with Crippen molar-refractivity contribution >= 4 is 5.91 Å². The molecule has 2 aromatic carbocycles. The third kappa shape index (κ3) is 3.84. The summed E-state index contributed by atoms with van der Waals surface area (Å²) in [6.45, 7) is 0.277. The highest BCUT2D eigenvalue weighted by molar-refractivity contribution is 5.92. The Balaban J connectivity index is 1.10. The number of hydrogen-bond donors (Lipinski definition) is 0. The Labute approximate surface area is 195 Å². The minimum Gasteiger partial charge on any atom is -0.471 e. The highest BCUT2D eigenvalue weighted by atomic mass is 16.5. The van der Waals surface area contributed by atoms with Gasteiger partial charge in [0.2, 0.25) is 0 Å². The molecule has 0 spiro atoms. The molecular weight excluding hydrogens is 410 g/mol. The minimum absolute atomic E-state index is 0.0444. The van der Waals surface area contributed by atoms with Gasteiger partial charge in [-0.1, -0.05) is 42.5 Å². The molecule has 0 aliphatic heterocycles. The highest BCUT2D eigenvalue weighted by Crippen LogP contribution is 2.57. The van der Waals surface area contributed by atoms with E-state index in [-0.39, 0.29) is 18.2 Å². The normalized spacial score (nSPS) is 27.5. The lowest BCUT2D eigenvalue weighted by atomic mass is 9.52. The molecule has 5 heteroatoms. The third-order valence-corrected chi connectivity index (χ3v) is 8.21. The zero-order chi connectivity index (χ0) is 22.4. The Bertz CT molecular complexity index is 1100. The first-order valence-corrected chi connectivity index (χ1v) is 12.2. The number of ether oxygens (including phenoxy) is 1. The van der Waals surface area contributed by atoms with E-state index in [0.717, 1.165) is 29.1 Å². The quantitative estimate of drug-likeness (QED) is 0.498. The number of rotatable bonds is 6. The van der Waals surface area contributed by atoms with E-state index in [1.165, 1.54) is 44.1 Å². The van der Waals surface area contributed by atoms with Crippen molar-refractivity contribution in [1.29, 1.82) is 0 Å². The largest absolute Gasteiger partial charge is 0.471 e. The van der Waals surface area contributed by atoms with Crippen LogP contribution < -0.4 is 4.74 Å². The maximum absolute atomic E-state index is 13.3. The van der Waals surface area contributed by atoms with E-state index in [1.54, 1.807) is 4.68 Å². The fourth-order valence-electron chi connectivity index (χ4n) is 6.93. The molecule has 5 nitrogen and oxygen atoms in total. The maximum atomic E-state index is 13.3. The van der Waals surface area contributed by atoms with Crippen LogP contribution in [0, 0.1) is 17.8 Å². The molecule has 1 amide bonds. The van der Waals surface area contributed by atoms with Crippen molar-refractivity contribution in [2.75, 3.05) is 7.05 Å². The van der Waals surface area contributed by atoms with Crippen molar-refractivity contribution in [2.45, 2.75) is 50.8 Å². The lowest BCUT2D eigenvalue weighted by Crippen LogP contribution is -2.60. The van der Waals surface area contributed by atoms with Gasteiger partial charge in [0.05, 0.1) is 0 Å². The van der Waals surface area contributed by atoms with Gasteiger partial charge in [-0.15, -0.1) is 0 Å². The van der Waals surface area contributed by atoms with E-state index in [9.17, 15) is 4.79 Å². The third-order valence-electron chi connectivity index (χ3n) is 8.21. The van der Waals surface area contributed by atoms with Crippen molar-refractivity contribution in [2.24, 2.45) is 17.8 Å². The first kappa shape index (κ1) is 20.5. The Morgan fingerprint density at radius 1 is 0.939 bits per heavy atom. The second-order valence-electron chi connectivity index (χ2n) is 10.4. The summed E-state index contributed by atoms with van der Waals surface area (Å²) >= 11 is 0. The molecule has 1 heterocycles. The van der Waals surface area contributed by atoms with E-state index in [0.29, 0.717) is 5.69 Å². The first-order chi connectivity index (χ1) is 16.1. The van der Waals surface area contributed by atoms with E-state index >= 15 is 0 Å². The number of nitrogens with zero attached hydrogens (tertiary/aromatic N) is 3. The molecule has 4 fully saturated rings. The van der Waals surface area contributed by atoms with E-state index in [4.69, 9.17) is 4.74 Å². The van der Waals surface area contributed by atoms with Crippen LogP contribution in [0.4, 0.5) is 0 Å². The number of aromatic nitrogens is 2. The van der Waals surface area contributed by atoms with Gasteiger partial charge < -0.3 is 9.64 Å². The number of carbonyl (C=O) groups excluding carboxylic acids is 1. The van der Waals surface area contributed by atoms with Gasteiger partial charge in [-0.05, 0) is 85.6 Å². The summed E-state index contributed by atoms with van der Waals surface area (Å²) in [6, 6.07) is 20.2. The van der Waals surface area contributed by atoms with E-state index in [1.807, 2.05) is 54.5 Å². The van der Waals surface area contributed by atoms with Gasteiger partial charge in [-0.25, -0.2) is 4.68 Å². The fraction of sp³-hybridized carbons (Fsp3) is 0.429. The van der Waals surface area contributed by atoms with E-state index in [2.05, 4.69) is 29.4 Å². The van der Waals surface area contributed by atoms with E-state index < -0.39 is 0 Å². The lowest BCUT2D eigenvalue weighted by molar-refractivity contribution is -0.0667. The Morgan fingerprint density at radius 2 is 1.55 bits per heavy atom. The van der Waals surface area contributed by atoms with Crippen molar-refractivity contribution in [3.63, 3.8) is 0 Å². The standard InChI is InChI=1S/C28H31N3O2/c1-30(28-16-20-13-21(17-28)15-22(14-20)18-28)27(32)26-11-12-31(29-26)19-33-25-9-7-24(8-10-25)23-5-3-2-4-6-23/h2-12,20-22H,13-19H2,1H3. The van der Waals surface area contributed by atoms with Gasteiger partial charge in [0.15, 0.2) is 12.4 Å². The second-order valence-corrected chi connectivity index (χ2v) is 10.4. The molecule has 4 saturated carbocycles. The SMILES string of the molecule is CN(C(=O)c1ccn(COc2ccc(-c3ccccc3)cc2)n1)C12CC3CC(CC(C3)C1)C2. The summed E-state index contributed by atoms with van der Waals surface area (Å²) in [4.78, 5) is 15.4. The van der Waals surface area contributed by atoms with Crippen molar-refractivity contribution in [3.05, 3.63) is 72.6 Å². The summed E-state index contributed by atoms with van der Waals surface area (Å²) in [7, 11) is 2.00. The summed E-state index contributed by atoms with van der Waals surface area (Å²) < 4.78 is 7.61. The highest BCUT2D eigenvalue weighted by Gasteiger charge is 2.54. The fourth-order valence-corrected chi connectivity index (χ4v) is 6.93. The molecular formula is C28H31N3O2. The van der Waals surface area contributed by atoms with Crippen molar-refractivity contribution in [3.8, 4) is 16.9 Å². The molecule has 4 bridgehead atoms. The van der Waals surface area contributed by atoms with Gasteiger partial charge in [-0.2, -0.15) is 5.10 Å². The van der Waals surface area contributed by atoms with Crippen molar-refractivity contribution < 1.29 is 9.53 Å². The maximum Gasteiger partial charge on any atom is 0.274 e. The first-order valence-electron chi connectivity index (χ1n) is 12.2. The summed E-state index contributed by atoms with van der Waals surface area (Å²) in [6.07, 6.45) is 9.47. The number of amides is 1. The zero-order valence-corrected chi connectivity index (χ0v) is 19.2. The molecule has 170 valence electrons. The minimum atomic E-state index is 0.0444. The molecule has 33 heavy (non-hydrogen) atoms. The predicted molar refractivity (Wildman–Crippen MR) is 128 cm³/mol. The predicted octanol–water partition coefficient (Wildman–Crippen LogP) is 5.63. The van der Waals surface area contributed by atoms with Crippen LogP contribution >= 0.6 is 0 Å². The summed E-state index contributed by atoms with van der Waals surface area (Å²) in [5.41, 5.74) is 2.90. The Hall–Kier alpha value is -3.08. The molecule has 0 unspecified atom stereocenters. The molecule has 4 aliphatic rings. The molecule has 0 atom stereocenters. The second kappa shape index (κ2) is 8.05. The molecule has 7 rings (SSSR count). The molecule has 3 aromatic rings. The van der Waals surface area contributed by atoms with Gasteiger partial charge in [0, 0.05) is 18.8 Å². The number of hydrogen-bond acceptors (Lipinski definition) is 3.